The molecule has 108 valence electrons. The average molecular weight is 278 g/mol. The number of likely N-dealkylation sites (tertiary alicyclic amines) is 1. The Balaban J connectivity index is 2.07. The second kappa shape index (κ2) is 5.09. The van der Waals surface area contributed by atoms with Gasteiger partial charge in [0.1, 0.15) is 0 Å². The van der Waals surface area contributed by atoms with Gasteiger partial charge in [0.05, 0.1) is 5.54 Å². The number of halogens is 3. The number of alkyl halides is 3. The first kappa shape index (κ1) is 14.3. The van der Waals surface area contributed by atoms with Gasteiger partial charge in [0.25, 0.3) is 0 Å². The number of rotatable bonds is 3. The van der Waals surface area contributed by atoms with E-state index in [9.17, 15) is 13.2 Å². The molecule has 0 amide bonds. The summed E-state index contributed by atoms with van der Waals surface area (Å²) in [6, 6.07) is 0. The quantitative estimate of drug-likeness (QED) is 0.912. The number of hydrogen-bond acceptors (Lipinski definition) is 5. The highest BCUT2D eigenvalue weighted by atomic mass is 19.4. The van der Waals surface area contributed by atoms with E-state index >= 15 is 0 Å². The molecule has 1 saturated heterocycles. The third-order valence-electron chi connectivity index (χ3n) is 3.40. The second-order valence-corrected chi connectivity index (χ2v) is 4.92. The lowest BCUT2D eigenvalue weighted by atomic mass is 9.88. The van der Waals surface area contributed by atoms with E-state index in [4.69, 9.17) is 5.73 Å². The van der Waals surface area contributed by atoms with Crippen LogP contribution in [0.15, 0.2) is 4.52 Å². The van der Waals surface area contributed by atoms with Crippen molar-refractivity contribution < 1.29 is 17.7 Å². The highest BCUT2D eigenvalue weighted by Gasteiger charge is 2.42. The topological polar surface area (TPSA) is 68.2 Å². The van der Waals surface area contributed by atoms with Gasteiger partial charge in [0, 0.05) is 13.1 Å². The van der Waals surface area contributed by atoms with Crippen LogP contribution in [0.25, 0.3) is 0 Å². The van der Waals surface area contributed by atoms with Gasteiger partial charge in [-0.3, -0.25) is 0 Å². The van der Waals surface area contributed by atoms with Crippen molar-refractivity contribution in [3.8, 4) is 0 Å². The maximum absolute atomic E-state index is 12.4. The molecule has 1 aliphatic rings. The highest BCUT2D eigenvalue weighted by Crippen LogP contribution is 2.32. The molecule has 19 heavy (non-hydrogen) atoms. The van der Waals surface area contributed by atoms with Crippen molar-refractivity contribution in [3.63, 3.8) is 0 Å². The Labute approximate surface area is 108 Å². The fourth-order valence-corrected chi connectivity index (χ4v) is 2.26. The zero-order valence-electron chi connectivity index (χ0n) is 10.7. The molecule has 1 aromatic heterocycles. The Kier molecular flexibility index (Phi) is 3.82. The van der Waals surface area contributed by atoms with Crippen LogP contribution in [0.3, 0.4) is 0 Å². The Morgan fingerprint density at radius 2 is 2.00 bits per heavy atom. The fraction of sp³-hybridized carbons (Fsp3) is 0.818. The van der Waals surface area contributed by atoms with Crippen LogP contribution in [-0.4, -0.2) is 34.7 Å². The van der Waals surface area contributed by atoms with Gasteiger partial charge in [-0.1, -0.05) is 12.1 Å². The van der Waals surface area contributed by atoms with Gasteiger partial charge in [-0.15, -0.1) is 0 Å². The summed E-state index contributed by atoms with van der Waals surface area (Å²) in [6.07, 6.45) is -2.52. The lowest BCUT2D eigenvalue weighted by Crippen LogP contribution is -2.49. The van der Waals surface area contributed by atoms with E-state index in [1.165, 1.54) is 0 Å². The Bertz CT molecular complexity index is 424. The SMILES string of the molecule is CCCN1CCC(N)(c2noc(C(F)(F)F)n2)CC1. The summed E-state index contributed by atoms with van der Waals surface area (Å²) in [6.45, 7) is 4.52. The van der Waals surface area contributed by atoms with Crippen LogP contribution in [-0.2, 0) is 11.7 Å². The summed E-state index contributed by atoms with van der Waals surface area (Å²) >= 11 is 0. The van der Waals surface area contributed by atoms with Crippen LogP contribution in [0.5, 0.6) is 0 Å². The molecule has 0 saturated carbocycles. The summed E-state index contributed by atoms with van der Waals surface area (Å²) in [7, 11) is 0. The van der Waals surface area contributed by atoms with E-state index in [1.54, 1.807) is 0 Å². The molecular formula is C11H17F3N4O. The molecule has 0 radical (unpaired) electrons. The summed E-state index contributed by atoms with van der Waals surface area (Å²) in [4.78, 5) is 5.63. The van der Waals surface area contributed by atoms with E-state index in [1.807, 2.05) is 0 Å². The zero-order valence-corrected chi connectivity index (χ0v) is 10.7. The van der Waals surface area contributed by atoms with Gasteiger partial charge >= 0.3 is 12.1 Å². The van der Waals surface area contributed by atoms with Crippen molar-refractivity contribution in [1.82, 2.24) is 15.0 Å². The average Bonchev–Trinajstić information content (AvgIpc) is 2.82. The van der Waals surface area contributed by atoms with Crippen LogP contribution >= 0.6 is 0 Å². The van der Waals surface area contributed by atoms with Crippen molar-refractivity contribution >= 4 is 0 Å². The first-order valence-corrected chi connectivity index (χ1v) is 6.28. The molecule has 0 aliphatic carbocycles. The fourth-order valence-electron chi connectivity index (χ4n) is 2.26. The maximum Gasteiger partial charge on any atom is 0.471 e. The summed E-state index contributed by atoms with van der Waals surface area (Å²) < 4.78 is 41.5. The van der Waals surface area contributed by atoms with Crippen molar-refractivity contribution in [2.45, 2.75) is 37.9 Å². The summed E-state index contributed by atoms with van der Waals surface area (Å²) in [5.74, 6) is -1.38. The lowest BCUT2D eigenvalue weighted by Gasteiger charge is -2.36. The Hall–Kier alpha value is -1.15. The lowest BCUT2D eigenvalue weighted by molar-refractivity contribution is -0.159. The number of nitrogens with two attached hydrogens (primary N) is 1. The molecule has 0 bridgehead atoms. The molecule has 1 aliphatic heterocycles. The van der Waals surface area contributed by atoms with Crippen LogP contribution in [0.2, 0.25) is 0 Å². The largest absolute Gasteiger partial charge is 0.471 e. The van der Waals surface area contributed by atoms with Gasteiger partial charge in [-0.05, 0) is 25.8 Å². The third-order valence-corrected chi connectivity index (χ3v) is 3.40. The molecule has 0 spiro atoms. The van der Waals surface area contributed by atoms with Crippen LogP contribution < -0.4 is 5.73 Å². The molecular weight excluding hydrogens is 261 g/mol. The molecule has 8 heteroatoms. The van der Waals surface area contributed by atoms with E-state index in [0.717, 1.165) is 26.1 Å². The smallest absolute Gasteiger partial charge is 0.329 e. The second-order valence-electron chi connectivity index (χ2n) is 4.92. The van der Waals surface area contributed by atoms with Crippen LogP contribution in [0.4, 0.5) is 13.2 Å². The van der Waals surface area contributed by atoms with Gasteiger partial charge in [0.2, 0.25) is 0 Å². The molecule has 2 heterocycles. The molecule has 0 aromatic carbocycles. The molecule has 1 fully saturated rings. The zero-order chi connectivity index (χ0) is 14.1. The van der Waals surface area contributed by atoms with Gasteiger partial charge in [-0.25, -0.2) is 0 Å². The molecule has 2 rings (SSSR count). The minimum Gasteiger partial charge on any atom is -0.329 e. The molecule has 0 unspecified atom stereocenters. The Morgan fingerprint density at radius 3 is 2.47 bits per heavy atom. The minimum atomic E-state index is -4.62. The van der Waals surface area contributed by atoms with Gasteiger partial charge in [0.15, 0.2) is 5.82 Å². The summed E-state index contributed by atoms with van der Waals surface area (Å²) in [5.41, 5.74) is 5.20. The number of hydrogen-bond donors (Lipinski definition) is 1. The molecule has 2 N–H and O–H groups in total. The standard InChI is InChI=1S/C11H17F3N4O/c1-2-5-18-6-3-10(15,4-7-18)8-16-9(19-17-8)11(12,13)14/h2-7,15H2,1H3. The Morgan fingerprint density at radius 1 is 1.37 bits per heavy atom. The molecule has 1 aromatic rings. The predicted octanol–water partition coefficient (Wildman–Crippen LogP) is 1.75. The number of nitrogens with zero attached hydrogens (tertiary/aromatic N) is 3. The van der Waals surface area contributed by atoms with Gasteiger partial charge in [-0.2, -0.15) is 18.2 Å². The van der Waals surface area contributed by atoms with Gasteiger partial charge < -0.3 is 15.2 Å². The van der Waals surface area contributed by atoms with Crippen LogP contribution in [0.1, 0.15) is 37.9 Å². The van der Waals surface area contributed by atoms with E-state index in [0.29, 0.717) is 12.8 Å². The number of aromatic nitrogens is 2. The van der Waals surface area contributed by atoms with Crippen molar-refractivity contribution in [2.24, 2.45) is 5.73 Å². The summed E-state index contributed by atoms with van der Waals surface area (Å²) in [5, 5.41) is 3.40. The predicted molar refractivity (Wildman–Crippen MR) is 61.1 cm³/mol. The molecule has 0 atom stereocenters. The first-order valence-electron chi connectivity index (χ1n) is 6.28. The van der Waals surface area contributed by atoms with E-state index in [-0.39, 0.29) is 5.82 Å². The maximum atomic E-state index is 12.4. The molecule has 5 nitrogen and oxygen atoms in total. The minimum absolute atomic E-state index is 0.0454. The van der Waals surface area contributed by atoms with E-state index < -0.39 is 17.6 Å². The highest BCUT2D eigenvalue weighted by molar-refractivity contribution is 5.07. The monoisotopic (exact) mass is 278 g/mol. The van der Waals surface area contributed by atoms with E-state index in [2.05, 4.69) is 26.5 Å². The first-order chi connectivity index (χ1) is 8.85. The van der Waals surface area contributed by atoms with Crippen molar-refractivity contribution in [3.05, 3.63) is 11.7 Å². The normalized spacial score (nSPS) is 20.7. The van der Waals surface area contributed by atoms with Crippen LogP contribution in [0, 0.1) is 0 Å². The van der Waals surface area contributed by atoms with Crippen molar-refractivity contribution in [1.29, 1.82) is 0 Å². The third kappa shape index (κ3) is 3.06. The number of piperidine rings is 1. The van der Waals surface area contributed by atoms with Crippen molar-refractivity contribution in [2.75, 3.05) is 19.6 Å².